The Morgan fingerprint density at radius 2 is 0.871 bits per heavy atom. The zero-order valence-corrected chi connectivity index (χ0v) is 20.1. The smallest absolute Gasteiger partial charge is 0.118 e. The highest BCUT2D eigenvalue weighted by Gasteiger charge is 1.97. The lowest BCUT2D eigenvalue weighted by Crippen LogP contribution is -2.18. The van der Waals surface area contributed by atoms with Crippen LogP contribution in [0.25, 0.3) is 0 Å². The van der Waals surface area contributed by atoms with Gasteiger partial charge in [-0.3, -0.25) is 0 Å². The molecule has 0 bridgehead atoms. The van der Waals surface area contributed by atoms with Crippen LogP contribution in [0.15, 0.2) is 48.5 Å². The maximum absolute atomic E-state index is 5.19. The van der Waals surface area contributed by atoms with Crippen molar-refractivity contribution in [2.24, 2.45) is 0 Å². The van der Waals surface area contributed by atoms with Crippen LogP contribution in [0.4, 0.5) is 0 Å². The number of aryl methyl sites for hydroxylation is 2. The molecule has 2 rings (SSSR count). The van der Waals surface area contributed by atoms with Crippen LogP contribution in [0.2, 0.25) is 0 Å². The van der Waals surface area contributed by atoms with E-state index in [4.69, 9.17) is 9.47 Å². The van der Waals surface area contributed by atoms with Gasteiger partial charge in [0.1, 0.15) is 11.5 Å². The van der Waals surface area contributed by atoms with Gasteiger partial charge >= 0.3 is 0 Å². The van der Waals surface area contributed by atoms with Crippen molar-refractivity contribution in [1.29, 1.82) is 0 Å². The van der Waals surface area contributed by atoms with Gasteiger partial charge in [0.25, 0.3) is 0 Å². The SMILES string of the molecule is COc1ccc(CCCNCCCCCCNCCCc2ccc(OC)cc2)cc1.Cl. The standard InChI is InChI=1S/C26H40N2O2.ClH/c1-29-25-15-11-23(12-16-25)9-7-21-27-19-5-3-4-6-20-28-22-8-10-24-13-17-26(30-2)18-14-24;/h11-18,27-28H,3-10,19-22H2,1-2H3;1H. The molecule has 0 aliphatic heterocycles. The second-order valence-corrected chi connectivity index (χ2v) is 7.82. The zero-order valence-electron chi connectivity index (χ0n) is 19.3. The number of nitrogens with one attached hydrogen (secondary N) is 2. The Hall–Kier alpha value is -1.75. The number of benzene rings is 2. The molecule has 0 fully saturated rings. The normalized spacial score (nSPS) is 10.5. The van der Waals surface area contributed by atoms with Crippen LogP contribution in [0.5, 0.6) is 11.5 Å². The number of hydrogen-bond donors (Lipinski definition) is 2. The maximum Gasteiger partial charge on any atom is 0.118 e. The number of hydrogen-bond acceptors (Lipinski definition) is 4. The van der Waals surface area contributed by atoms with E-state index in [0.717, 1.165) is 50.5 Å². The minimum absolute atomic E-state index is 0. The van der Waals surface area contributed by atoms with E-state index in [1.807, 2.05) is 24.3 Å². The Morgan fingerprint density at radius 1 is 0.516 bits per heavy atom. The van der Waals surface area contributed by atoms with Crippen molar-refractivity contribution in [2.45, 2.75) is 51.4 Å². The van der Waals surface area contributed by atoms with Crippen molar-refractivity contribution in [1.82, 2.24) is 10.6 Å². The minimum atomic E-state index is 0. The van der Waals surface area contributed by atoms with Gasteiger partial charge in [0.15, 0.2) is 0 Å². The molecule has 0 saturated heterocycles. The molecule has 0 radical (unpaired) electrons. The molecule has 2 aromatic carbocycles. The van der Waals surface area contributed by atoms with E-state index in [0.29, 0.717) is 0 Å². The van der Waals surface area contributed by atoms with Gasteiger partial charge in [-0.1, -0.05) is 37.1 Å². The highest BCUT2D eigenvalue weighted by atomic mass is 35.5. The third-order valence-electron chi connectivity index (χ3n) is 5.41. The van der Waals surface area contributed by atoms with Crippen LogP contribution in [-0.4, -0.2) is 40.4 Å². The van der Waals surface area contributed by atoms with Crippen molar-refractivity contribution in [3.63, 3.8) is 0 Å². The Bertz CT molecular complexity index is 603. The van der Waals surface area contributed by atoms with Crippen molar-refractivity contribution in [3.8, 4) is 11.5 Å². The molecule has 0 atom stereocenters. The lowest BCUT2D eigenvalue weighted by Gasteiger charge is -2.07. The molecular weight excluding hydrogens is 408 g/mol. The molecule has 0 spiro atoms. The molecule has 0 heterocycles. The maximum atomic E-state index is 5.19. The molecule has 5 heteroatoms. The average Bonchev–Trinajstić information content (AvgIpc) is 2.80. The highest BCUT2D eigenvalue weighted by molar-refractivity contribution is 5.85. The van der Waals surface area contributed by atoms with Crippen LogP contribution in [0.3, 0.4) is 0 Å². The molecule has 31 heavy (non-hydrogen) atoms. The molecule has 0 unspecified atom stereocenters. The van der Waals surface area contributed by atoms with Crippen LogP contribution < -0.4 is 20.1 Å². The second-order valence-electron chi connectivity index (χ2n) is 7.82. The summed E-state index contributed by atoms with van der Waals surface area (Å²) in [5, 5.41) is 7.14. The van der Waals surface area contributed by atoms with Gasteiger partial charge in [-0.05, 0) is 100 Å². The van der Waals surface area contributed by atoms with Gasteiger partial charge in [-0.2, -0.15) is 0 Å². The number of rotatable bonds is 17. The zero-order chi connectivity index (χ0) is 21.3. The van der Waals surface area contributed by atoms with Crippen LogP contribution in [0, 0.1) is 0 Å². The third-order valence-corrected chi connectivity index (χ3v) is 5.41. The lowest BCUT2D eigenvalue weighted by atomic mass is 10.1. The quantitative estimate of drug-likeness (QED) is 0.316. The Labute approximate surface area is 195 Å². The Morgan fingerprint density at radius 3 is 1.23 bits per heavy atom. The van der Waals surface area contributed by atoms with E-state index < -0.39 is 0 Å². The number of unbranched alkanes of at least 4 members (excludes halogenated alkanes) is 3. The van der Waals surface area contributed by atoms with Crippen LogP contribution >= 0.6 is 12.4 Å². The van der Waals surface area contributed by atoms with E-state index in [1.165, 1.54) is 49.7 Å². The first-order valence-corrected chi connectivity index (χ1v) is 11.5. The monoisotopic (exact) mass is 448 g/mol. The van der Waals surface area contributed by atoms with E-state index in [9.17, 15) is 0 Å². The topological polar surface area (TPSA) is 42.5 Å². The van der Waals surface area contributed by atoms with Crippen LogP contribution in [-0.2, 0) is 12.8 Å². The van der Waals surface area contributed by atoms with E-state index in [1.54, 1.807) is 14.2 Å². The minimum Gasteiger partial charge on any atom is -0.497 e. The largest absolute Gasteiger partial charge is 0.497 e. The van der Waals surface area contributed by atoms with Gasteiger partial charge in [-0.25, -0.2) is 0 Å². The summed E-state index contributed by atoms with van der Waals surface area (Å²) >= 11 is 0. The first kappa shape index (κ1) is 27.3. The highest BCUT2D eigenvalue weighted by Crippen LogP contribution is 2.13. The molecular formula is C26H41ClN2O2. The number of methoxy groups -OCH3 is 2. The summed E-state index contributed by atoms with van der Waals surface area (Å²) in [5.74, 6) is 1.86. The molecule has 0 saturated carbocycles. The van der Waals surface area contributed by atoms with E-state index in [2.05, 4.69) is 34.9 Å². The second kappa shape index (κ2) is 17.9. The first-order valence-electron chi connectivity index (χ1n) is 11.5. The van der Waals surface area contributed by atoms with Gasteiger partial charge in [0, 0.05) is 0 Å². The summed E-state index contributed by atoms with van der Waals surface area (Å²) < 4.78 is 10.4. The molecule has 174 valence electrons. The fourth-order valence-corrected chi connectivity index (χ4v) is 3.52. The Kier molecular flexibility index (Phi) is 15.7. The number of halogens is 1. The van der Waals surface area contributed by atoms with Crippen molar-refractivity contribution < 1.29 is 9.47 Å². The van der Waals surface area contributed by atoms with Crippen molar-refractivity contribution in [3.05, 3.63) is 59.7 Å². The van der Waals surface area contributed by atoms with E-state index in [-0.39, 0.29) is 12.4 Å². The molecule has 0 amide bonds. The fraction of sp³-hybridized carbons (Fsp3) is 0.538. The van der Waals surface area contributed by atoms with Gasteiger partial charge in [0.2, 0.25) is 0 Å². The molecule has 0 aliphatic carbocycles. The summed E-state index contributed by atoms with van der Waals surface area (Å²) in [6.45, 7) is 4.47. The van der Waals surface area contributed by atoms with E-state index >= 15 is 0 Å². The third kappa shape index (κ3) is 12.6. The molecule has 0 aliphatic rings. The molecule has 0 aromatic heterocycles. The summed E-state index contributed by atoms with van der Waals surface area (Å²) in [6.07, 6.45) is 9.82. The summed E-state index contributed by atoms with van der Waals surface area (Å²) in [6, 6.07) is 16.8. The first-order chi connectivity index (χ1) is 14.8. The van der Waals surface area contributed by atoms with Gasteiger partial charge in [0.05, 0.1) is 14.2 Å². The Balaban J connectivity index is 0.00000480. The fourth-order valence-electron chi connectivity index (χ4n) is 3.52. The van der Waals surface area contributed by atoms with Crippen molar-refractivity contribution >= 4 is 12.4 Å². The summed E-state index contributed by atoms with van der Waals surface area (Å²) in [7, 11) is 3.42. The van der Waals surface area contributed by atoms with Gasteiger partial charge in [-0.15, -0.1) is 12.4 Å². The predicted molar refractivity (Wildman–Crippen MR) is 134 cm³/mol. The molecule has 4 nitrogen and oxygen atoms in total. The molecule has 2 N–H and O–H groups in total. The molecule has 2 aromatic rings. The lowest BCUT2D eigenvalue weighted by molar-refractivity contribution is 0.414. The summed E-state index contributed by atoms with van der Waals surface area (Å²) in [4.78, 5) is 0. The van der Waals surface area contributed by atoms with Crippen molar-refractivity contribution in [2.75, 3.05) is 40.4 Å². The number of ether oxygens (including phenoxy) is 2. The van der Waals surface area contributed by atoms with Gasteiger partial charge < -0.3 is 20.1 Å². The predicted octanol–water partition coefficient (Wildman–Crippen LogP) is 5.43. The van der Waals surface area contributed by atoms with Crippen LogP contribution in [0.1, 0.15) is 49.7 Å². The summed E-state index contributed by atoms with van der Waals surface area (Å²) in [5.41, 5.74) is 2.77. The average molecular weight is 449 g/mol.